The molecule has 3 aliphatic rings. The molecule has 4 nitrogen and oxygen atoms in total. The van der Waals surface area contributed by atoms with Gasteiger partial charge in [0.1, 0.15) is 0 Å². The smallest absolute Gasteiger partial charge is 0.233 e. The molecule has 0 aromatic heterocycles. The molecule has 1 saturated carbocycles. The maximum absolute atomic E-state index is 12.5. The highest BCUT2D eigenvalue weighted by molar-refractivity contribution is 6.06. The molecule has 4 heteroatoms. The van der Waals surface area contributed by atoms with Gasteiger partial charge in [0.05, 0.1) is 31.5 Å². The minimum Gasteiger partial charge on any atom is -0.335 e. The molecule has 0 unspecified atom stereocenters. The Morgan fingerprint density at radius 1 is 1.10 bits per heavy atom. The molecule has 0 aromatic carbocycles. The van der Waals surface area contributed by atoms with Crippen molar-refractivity contribution in [2.24, 2.45) is 23.7 Å². The predicted octanol–water partition coefficient (Wildman–Crippen LogP) is 0.108. The Balaban J connectivity index is 1.59. The number of quaternary nitrogens is 1. The number of hydrogen-bond donors (Lipinski definition) is 1. The van der Waals surface area contributed by atoms with Gasteiger partial charge in [0.25, 0.3) is 0 Å². The highest BCUT2D eigenvalue weighted by Crippen LogP contribution is 2.52. The van der Waals surface area contributed by atoms with Crippen LogP contribution in [0.1, 0.15) is 26.7 Å². The van der Waals surface area contributed by atoms with Crippen LogP contribution in [0, 0.1) is 23.7 Å². The van der Waals surface area contributed by atoms with E-state index in [9.17, 15) is 9.59 Å². The lowest BCUT2D eigenvalue weighted by Gasteiger charge is -2.19. The Labute approximate surface area is 120 Å². The van der Waals surface area contributed by atoms with Gasteiger partial charge in [-0.3, -0.25) is 14.5 Å². The maximum atomic E-state index is 12.5. The highest BCUT2D eigenvalue weighted by atomic mass is 16.2. The molecular formula is C16H25N2O2+. The number of nitrogens with one attached hydrogen (secondary N) is 1. The molecule has 110 valence electrons. The van der Waals surface area contributed by atoms with E-state index in [1.807, 2.05) is 0 Å². The lowest BCUT2D eigenvalue weighted by Crippen LogP contribution is -3.11. The first-order valence-corrected chi connectivity index (χ1v) is 8.04. The summed E-state index contributed by atoms with van der Waals surface area (Å²) in [6.07, 6.45) is 6.25. The van der Waals surface area contributed by atoms with Crippen LogP contribution in [0.15, 0.2) is 12.2 Å². The number of hydrogen-bond acceptors (Lipinski definition) is 2. The van der Waals surface area contributed by atoms with Crippen molar-refractivity contribution in [1.29, 1.82) is 0 Å². The van der Waals surface area contributed by atoms with Crippen LogP contribution in [-0.2, 0) is 9.59 Å². The number of carbonyl (C=O) groups is 2. The van der Waals surface area contributed by atoms with Gasteiger partial charge in [-0.15, -0.1) is 0 Å². The molecule has 0 radical (unpaired) electrons. The summed E-state index contributed by atoms with van der Waals surface area (Å²) in [5, 5.41) is 0. The number of likely N-dealkylation sites (tertiary alicyclic amines) is 1. The van der Waals surface area contributed by atoms with Crippen molar-refractivity contribution in [2.45, 2.75) is 26.7 Å². The van der Waals surface area contributed by atoms with Gasteiger partial charge >= 0.3 is 0 Å². The first kappa shape index (κ1) is 13.8. The van der Waals surface area contributed by atoms with E-state index in [2.05, 4.69) is 26.0 Å². The van der Waals surface area contributed by atoms with Gasteiger partial charge in [-0.25, -0.2) is 0 Å². The van der Waals surface area contributed by atoms with Crippen LogP contribution in [0.5, 0.6) is 0 Å². The average Bonchev–Trinajstić information content (AvgIpc) is 3.12. The molecular weight excluding hydrogens is 252 g/mol. The second-order valence-electron chi connectivity index (χ2n) is 6.39. The largest absolute Gasteiger partial charge is 0.335 e. The molecule has 1 N–H and O–H groups in total. The van der Waals surface area contributed by atoms with Gasteiger partial charge in [-0.1, -0.05) is 12.2 Å². The lowest BCUT2D eigenvalue weighted by atomic mass is 9.85. The van der Waals surface area contributed by atoms with Gasteiger partial charge in [-0.2, -0.15) is 0 Å². The van der Waals surface area contributed by atoms with Gasteiger partial charge in [-0.05, 0) is 32.1 Å². The number of imide groups is 1. The first-order chi connectivity index (χ1) is 9.67. The maximum Gasteiger partial charge on any atom is 0.233 e. The van der Waals surface area contributed by atoms with E-state index >= 15 is 0 Å². The molecule has 20 heavy (non-hydrogen) atoms. The van der Waals surface area contributed by atoms with Crippen molar-refractivity contribution in [3.05, 3.63) is 12.2 Å². The van der Waals surface area contributed by atoms with E-state index in [1.165, 1.54) is 4.90 Å². The number of amides is 2. The zero-order valence-electron chi connectivity index (χ0n) is 12.5. The Bertz CT molecular complexity index is 412. The molecule has 1 heterocycles. The number of nitrogens with zero attached hydrogens (tertiary/aromatic N) is 1. The summed E-state index contributed by atoms with van der Waals surface area (Å²) in [4.78, 5) is 28.0. The predicted molar refractivity (Wildman–Crippen MR) is 76.0 cm³/mol. The summed E-state index contributed by atoms with van der Waals surface area (Å²) in [6.45, 7) is 8.24. The summed E-state index contributed by atoms with van der Waals surface area (Å²) in [5.41, 5.74) is 0. The topological polar surface area (TPSA) is 41.8 Å². The van der Waals surface area contributed by atoms with Crippen molar-refractivity contribution in [3.8, 4) is 0 Å². The summed E-state index contributed by atoms with van der Waals surface area (Å²) < 4.78 is 0. The summed E-state index contributed by atoms with van der Waals surface area (Å²) in [5.74, 6) is 0.814. The van der Waals surface area contributed by atoms with Crippen molar-refractivity contribution in [2.75, 3.05) is 26.2 Å². The van der Waals surface area contributed by atoms with E-state index in [4.69, 9.17) is 0 Å². The second-order valence-corrected chi connectivity index (χ2v) is 6.39. The van der Waals surface area contributed by atoms with Gasteiger partial charge in [0, 0.05) is 13.0 Å². The minimum absolute atomic E-state index is 0.0294. The normalized spacial score (nSPS) is 34.6. The SMILES string of the molecule is CC[NH+](CC)CCCN1C(=O)[C@@H]2[C@@H](C1=O)[C@H]1C=C[C@@H]2C1. The number of carbonyl (C=O) groups excluding carboxylic acids is 2. The summed E-state index contributed by atoms with van der Waals surface area (Å²) in [7, 11) is 0. The van der Waals surface area contributed by atoms with E-state index < -0.39 is 0 Å². The third-order valence-corrected chi connectivity index (χ3v) is 5.47. The molecule has 0 aromatic rings. The Kier molecular flexibility index (Phi) is 3.67. The highest BCUT2D eigenvalue weighted by Gasteiger charge is 2.58. The number of fused-ring (bicyclic) bond motifs is 5. The Morgan fingerprint density at radius 2 is 1.65 bits per heavy atom. The standard InChI is InChI=1S/C16H24N2O2/c1-3-17(4-2)8-5-9-18-15(19)13-11-6-7-12(10-11)14(13)16(18)20/h6-7,11-14H,3-5,8-10H2,1-2H3/p+1/t11-,12+,13-,14-/m0/s1. The van der Waals surface area contributed by atoms with Gasteiger partial charge in [0.2, 0.25) is 11.8 Å². The van der Waals surface area contributed by atoms with Crippen LogP contribution in [-0.4, -0.2) is 42.9 Å². The second kappa shape index (κ2) is 5.32. The molecule has 1 saturated heterocycles. The zero-order chi connectivity index (χ0) is 14.3. The molecule has 2 amide bonds. The van der Waals surface area contributed by atoms with Crippen molar-refractivity contribution >= 4 is 11.8 Å². The first-order valence-electron chi connectivity index (χ1n) is 8.04. The van der Waals surface area contributed by atoms with E-state index in [-0.39, 0.29) is 23.7 Å². The fraction of sp³-hybridized carbons (Fsp3) is 0.750. The lowest BCUT2D eigenvalue weighted by molar-refractivity contribution is -0.896. The summed E-state index contributed by atoms with van der Waals surface area (Å²) >= 11 is 0. The van der Waals surface area contributed by atoms with E-state index in [1.54, 1.807) is 4.90 Å². The quantitative estimate of drug-likeness (QED) is 0.553. The molecule has 4 atom stereocenters. The van der Waals surface area contributed by atoms with Crippen LogP contribution in [0.3, 0.4) is 0 Å². The number of allylic oxidation sites excluding steroid dienone is 2. The Hall–Kier alpha value is -1.16. The molecule has 0 spiro atoms. The van der Waals surface area contributed by atoms with Crippen molar-refractivity contribution in [1.82, 2.24) is 4.90 Å². The van der Waals surface area contributed by atoms with Crippen LogP contribution in [0.25, 0.3) is 0 Å². The molecule has 1 aliphatic heterocycles. The monoisotopic (exact) mass is 277 g/mol. The molecule has 2 fully saturated rings. The van der Waals surface area contributed by atoms with Crippen molar-refractivity contribution in [3.63, 3.8) is 0 Å². The third-order valence-electron chi connectivity index (χ3n) is 5.47. The average molecular weight is 277 g/mol. The van der Waals surface area contributed by atoms with Crippen LogP contribution in [0.4, 0.5) is 0 Å². The van der Waals surface area contributed by atoms with Crippen LogP contribution >= 0.6 is 0 Å². The van der Waals surface area contributed by atoms with Crippen molar-refractivity contribution < 1.29 is 14.5 Å². The molecule has 2 bridgehead atoms. The van der Waals surface area contributed by atoms with E-state index in [0.29, 0.717) is 18.4 Å². The van der Waals surface area contributed by atoms with E-state index in [0.717, 1.165) is 32.5 Å². The minimum atomic E-state index is -0.0294. The fourth-order valence-corrected chi connectivity index (χ4v) is 4.28. The Morgan fingerprint density at radius 3 is 2.15 bits per heavy atom. The van der Waals surface area contributed by atoms with Gasteiger partial charge in [0.15, 0.2) is 0 Å². The number of rotatable bonds is 6. The molecule has 2 aliphatic carbocycles. The molecule has 3 rings (SSSR count). The zero-order valence-corrected chi connectivity index (χ0v) is 12.5. The van der Waals surface area contributed by atoms with Crippen LogP contribution in [0.2, 0.25) is 0 Å². The van der Waals surface area contributed by atoms with Gasteiger partial charge < -0.3 is 4.90 Å². The van der Waals surface area contributed by atoms with Crippen LogP contribution < -0.4 is 4.90 Å². The fourth-order valence-electron chi connectivity index (χ4n) is 4.28. The summed E-state index contributed by atoms with van der Waals surface area (Å²) in [6, 6.07) is 0. The third kappa shape index (κ3) is 2.01.